The van der Waals surface area contributed by atoms with Crippen molar-refractivity contribution in [2.45, 2.75) is 71.9 Å². The standard InChI is InChI=1S/C19H30N4O2/c1-4-10-22-16-6-5-8-19(16,9-7-18(22)25)13-20-17(24)12-23-15(3)11-14(2)21-23/h11,16H,4-10,12-13H2,1-3H3,(H,20,24)/t16-,19+/m1/s1. The maximum absolute atomic E-state index is 12.4. The zero-order valence-electron chi connectivity index (χ0n) is 15.7. The molecule has 0 radical (unpaired) electrons. The summed E-state index contributed by atoms with van der Waals surface area (Å²) in [5, 5.41) is 7.50. The number of likely N-dealkylation sites (tertiary alicyclic amines) is 1. The van der Waals surface area contributed by atoms with Gasteiger partial charge in [-0.05, 0) is 45.6 Å². The molecule has 1 saturated heterocycles. The zero-order valence-corrected chi connectivity index (χ0v) is 15.7. The molecule has 3 rings (SSSR count). The van der Waals surface area contributed by atoms with Crippen molar-refractivity contribution in [3.05, 3.63) is 17.5 Å². The monoisotopic (exact) mass is 346 g/mol. The molecule has 2 fully saturated rings. The summed E-state index contributed by atoms with van der Waals surface area (Å²) >= 11 is 0. The maximum atomic E-state index is 12.4. The van der Waals surface area contributed by atoms with Crippen LogP contribution in [0.3, 0.4) is 0 Å². The third-order valence-corrected chi connectivity index (χ3v) is 5.89. The normalized spacial score (nSPS) is 26.0. The summed E-state index contributed by atoms with van der Waals surface area (Å²) in [6, 6.07) is 2.27. The van der Waals surface area contributed by atoms with E-state index < -0.39 is 0 Å². The van der Waals surface area contributed by atoms with Gasteiger partial charge < -0.3 is 10.2 Å². The lowest BCUT2D eigenvalue weighted by molar-refractivity contribution is -0.142. The largest absolute Gasteiger partial charge is 0.354 e. The summed E-state index contributed by atoms with van der Waals surface area (Å²) < 4.78 is 1.75. The zero-order chi connectivity index (χ0) is 18.0. The van der Waals surface area contributed by atoms with Crippen LogP contribution in [0.25, 0.3) is 0 Å². The number of carbonyl (C=O) groups excluding carboxylic acids is 2. The minimum Gasteiger partial charge on any atom is -0.354 e. The van der Waals surface area contributed by atoms with Gasteiger partial charge in [0.1, 0.15) is 6.54 Å². The molecule has 1 saturated carbocycles. The molecule has 0 aromatic carbocycles. The molecule has 2 amide bonds. The van der Waals surface area contributed by atoms with Gasteiger partial charge in [-0.2, -0.15) is 5.10 Å². The molecular formula is C19H30N4O2. The molecule has 6 heteroatoms. The Balaban J connectivity index is 1.63. The molecule has 0 spiro atoms. The van der Waals surface area contributed by atoms with Crippen LogP contribution in [-0.2, 0) is 16.1 Å². The van der Waals surface area contributed by atoms with Crippen molar-refractivity contribution in [3.8, 4) is 0 Å². The average Bonchev–Trinajstić information content (AvgIpc) is 3.12. The van der Waals surface area contributed by atoms with Gasteiger partial charge in [0, 0.05) is 36.7 Å². The van der Waals surface area contributed by atoms with E-state index in [-0.39, 0.29) is 17.9 Å². The summed E-state index contributed by atoms with van der Waals surface area (Å²) in [6.45, 7) is 7.79. The molecular weight excluding hydrogens is 316 g/mol. The van der Waals surface area contributed by atoms with E-state index in [9.17, 15) is 9.59 Å². The van der Waals surface area contributed by atoms with Crippen LogP contribution in [0.5, 0.6) is 0 Å². The predicted molar refractivity (Wildman–Crippen MR) is 96.0 cm³/mol. The van der Waals surface area contributed by atoms with E-state index in [2.05, 4.69) is 22.2 Å². The SMILES string of the molecule is CCCN1C(=O)CC[C@]2(CNC(=O)Cn3nc(C)cc3C)CCC[C@@H]12. The fraction of sp³-hybridized carbons (Fsp3) is 0.737. The number of aromatic nitrogens is 2. The van der Waals surface area contributed by atoms with Crippen LogP contribution in [0.4, 0.5) is 0 Å². The van der Waals surface area contributed by atoms with Gasteiger partial charge in [-0.1, -0.05) is 13.3 Å². The van der Waals surface area contributed by atoms with E-state index in [0.717, 1.165) is 50.0 Å². The molecule has 0 bridgehead atoms. The minimum atomic E-state index is 0.00478. The molecule has 1 N–H and O–H groups in total. The first kappa shape index (κ1) is 18.0. The van der Waals surface area contributed by atoms with Gasteiger partial charge in [-0.15, -0.1) is 0 Å². The number of rotatable bonds is 6. The molecule has 0 unspecified atom stereocenters. The Labute approximate surface area is 149 Å². The third-order valence-electron chi connectivity index (χ3n) is 5.89. The summed E-state index contributed by atoms with van der Waals surface area (Å²) in [5.41, 5.74) is 2.00. The summed E-state index contributed by atoms with van der Waals surface area (Å²) in [5.74, 6) is 0.295. The van der Waals surface area contributed by atoms with Crippen LogP contribution in [0.15, 0.2) is 6.07 Å². The molecule has 1 aromatic heterocycles. The molecule has 25 heavy (non-hydrogen) atoms. The van der Waals surface area contributed by atoms with Gasteiger partial charge in [0.2, 0.25) is 11.8 Å². The van der Waals surface area contributed by atoms with E-state index in [4.69, 9.17) is 0 Å². The fourth-order valence-corrected chi connectivity index (χ4v) is 4.69. The highest BCUT2D eigenvalue weighted by atomic mass is 16.2. The number of carbonyl (C=O) groups is 2. The van der Waals surface area contributed by atoms with E-state index >= 15 is 0 Å². The summed E-state index contributed by atoms with van der Waals surface area (Å²) in [6.07, 6.45) is 5.82. The van der Waals surface area contributed by atoms with Gasteiger partial charge in [0.05, 0.1) is 5.69 Å². The molecule has 1 aromatic rings. The number of hydrogen-bond acceptors (Lipinski definition) is 3. The lowest BCUT2D eigenvalue weighted by Gasteiger charge is -2.46. The first-order valence-corrected chi connectivity index (χ1v) is 9.52. The van der Waals surface area contributed by atoms with Crippen molar-refractivity contribution in [1.82, 2.24) is 20.0 Å². The van der Waals surface area contributed by atoms with Crippen LogP contribution in [0, 0.1) is 19.3 Å². The quantitative estimate of drug-likeness (QED) is 0.858. The molecule has 1 aliphatic carbocycles. The molecule has 2 atom stereocenters. The molecule has 6 nitrogen and oxygen atoms in total. The van der Waals surface area contributed by atoms with Gasteiger partial charge in [-0.25, -0.2) is 0 Å². The minimum absolute atomic E-state index is 0.00478. The lowest BCUT2D eigenvalue weighted by Crippen LogP contribution is -2.56. The highest BCUT2D eigenvalue weighted by Gasteiger charge is 2.49. The molecule has 1 aliphatic heterocycles. The van der Waals surface area contributed by atoms with Crippen molar-refractivity contribution >= 4 is 11.8 Å². The molecule has 138 valence electrons. The second-order valence-corrected chi connectivity index (χ2v) is 7.72. The first-order chi connectivity index (χ1) is 11.9. The van der Waals surface area contributed by atoms with Gasteiger partial charge in [0.15, 0.2) is 0 Å². The average molecular weight is 346 g/mol. The fourth-order valence-electron chi connectivity index (χ4n) is 4.69. The second kappa shape index (κ2) is 7.18. The van der Waals surface area contributed by atoms with Crippen LogP contribution < -0.4 is 5.32 Å². The first-order valence-electron chi connectivity index (χ1n) is 9.52. The van der Waals surface area contributed by atoms with Crippen molar-refractivity contribution in [2.75, 3.05) is 13.1 Å². The number of amides is 2. The highest BCUT2D eigenvalue weighted by Crippen LogP contribution is 2.47. The number of aryl methyl sites for hydroxylation is 2. The van der Waals surface area contributed by atoms with Gasteiger partial charge in [-0.3, -0.25) is 14.3 Å². The van der Waals surface area contributed by atoms with Crippen molar-refractivity contribution in [3.63, 3.8) is 0 Å². The molecule has 2 aliphatic rings. The van der Waals surface area contributed by atoms with Crippen LogP contribution in [-0.4, -0.2) is 45.6 Å². The van der Waals surface area contributed by atoms with Crippen LogP contribution in [0.1, 0.15) is 56.8 Å². The Kier molecular flexibility index (Phi) is 5.16. The Bertz CT molecular complexity index is 654. The summed E-state index contributed by atoms with van der Waals surface area (Å²) in [4.78, 5) is 26.8. The topological polar surface area (TPSA) is 67.2 Å². The third kappa shape index (κ3) is 3.58. The van der Waals surface area contributed by atoms with Gasteiger partial charge >= 0.3 is 0 Å². The van der Waals surface area contributed by atoms with E-state index in [1.165, 1.54) is 0 Å². The number of fused-ring (bicyclic) bond motifs is 1. The lowest BCUT2D eigenvalue weighted by atomic mass is 9.74. The van der Waals surface area contributed by atoms with Crippen molar-refractivity contribution in [1.29, 1.82) is 0 Å². The Morgan fingerprint density at radius 2 is 2.20 bits per heavy atom. The number of nitrogens with one attached hydrogen (secondary N) is 1. The number of hydrogen-bond donors (Lipinski definition) is 1. The van der Waals surface area contributed by atoms with E-state index in [1.54, 1.807) is 4.68 Å². The smallest absolute Gasteiger partial charge is 0.241 e. The maximum Gasteiger partial charge on any atom is 0.241 e. The Morgan fingerprint density at radius 3 is 2.88 bits per heavy atom. The van der Waals surface area contributed by atoms with Crippen LogP contribution >= 0.6 is 0 Å². The Morgan fingerprint density at radius 1 is 1.40 bits per heavy atom. The number of nitrogens with zero attached hydrogens (tertiary/aromatic N) is 3. The van der Waals surface area contributed by atoms with Crippen molar-refractivity contribution < 1.29 is 9.59 Å². The summed E-state index contributed by atoms with van der Waals surface area (Å²) in [7, 11) is 0. The van der Waals surface area contributed by atoms with Crippen LogP contribution in [0.2, 0.25) is 0 Å². The molecule has 2 heterocycles. The predicted octanol–water partition coefficient (Wildman–Crippen LogP) is 2.19. The van der Waals surface area contributed by atoms with Gasteiger partial charge in [0.25, 0.3) is 0 Å². The van der Waals surface area contributed by atoms with Crippen molar-refractivity contribution in [2.24, 2.45) is 5.41 Å². The van der Waals surface area contributed by atoms with E-state index in [1.807, 2.05) is 19.9 Å². The highest BCUT2D eigenvalue weighted by molar-refractivity contribution is 5.78. The van der Waals surface area contributed by atoms with E-state index in [0.29, 0.717) is 24.9 Å². The number of piperidine rings is 1. The second-order valence-electron chi connectivity index (χ2n) is 7.72. The Hall–Kier alpha value is -1.85.